The lowest BCUT2D eigenvalue weighted by Gasteiger charge is -2.36. The Labute approximate surface area is 184 Å². The number of morpholine rings is 1. The minimum Gasteiger partial charge on any atom is -0.394 e. The molecule has 0 unspecified atom stereocenters. The third-order valence-corrected chi connectivity index (χ3v) is 6.87. The summed E-state index contributed by atoms with van der Waals surface area (Å²) in [6, 6.07) is -0.140. The van der Waals surface area contributed by atoms with Crippen molar-refractivity contribution in [1.82, 2.24) is 25.2 Å². The summed E-state index contributed by atoms with van der Waals surface area (Å²) in [5.74, 6) is 0.555. The number of nitrogens with zero attached hydrogens (tertiary/aromatic N) is 4. The number of hydrogen-bond acceptors (Lipinski definition) is 7. The van der Waals surface area contributed by atoms with Crippen LogP contribution in [0.4, 0.5) is 0 Å². The van der Waals surface area contributed by atoms with E-state index in [9.17, 15) is 9.90 Å². The van der Waals surface area contributed by atoms with Crippen LogP contribution in [0.3, 0.4) is 0 Å². The number of nitrogens with one attached hydrogen (secondary N) is 1. The van der Waals surface area contributed by atoms with Crippen molar-refractivity contribution in [3.63, 3.8) is 0 Å². The summed E-state index contributed by atoms with van der Waals surface area (Å²) >= 11 is 0. The Morgan fingerprint density at radius 2 is 1.97 bits per heavy atom. The monoisotopic (exact) mass is 435 g/mol. The van der Waals surface area contributed by atoms with Crippen LogP contribution in [0, 0.1) is 0 Å². The molecule has 4 rings (SSSR count). The summed E-state index contributed by atoms with van der Waals surface area (Å²) in [5, 5.41) is 21.6. The number of aliphatic hydroxyl groups is 1. The van der Waals surface area contributed by atoms with Crippen LogP contribution in [-0.4, -0.2) is 88.6 Å². The molecule has 3 aliphatic rings. The molecule has 1 aromatic rings. The molecule has 2 N–H and O–H groups in total. The normalized spacial score (nSPS) is 28.5. The number of aromatic nitrogens is 3. The highest BCUT2D eigenvalue weighted by Crippen LogP contribution is 2.31. The topological polar surface area (TPSA) is 102 Å². The van der Waals surface area contributed by atoms with Gasteiger partial charge in [-0.2, -0.15) is 0 Å². The van der Waals surface area contributed by atoms with E-state index >= 15 is 0 Å². The Balaban J connectivity index is 1.20. The standard InChI is InChI=1S/C22H37N5O4/c28-16-21-19(23-22(29)15-26-10-12-30-13-11-26)7-6-18(31-21)8-9-27-14-20(24-25-27)17-4-2-1-3-5-17/h14,17-19,21,28H,1-13,15-16H2,(H,23,29)/t18-,19+,21+/m1/s1. The third kappa shape index (κ3) is 6.47. The van der Waals surface area contributed by atoms with E-state index < -0.39 is 0 Å². The molecule has 0 spiro atoms. The number of carbonyl (C=O) groups excluding carboxylic acids is 1. The van der Waals surface area contributed by atoms with Crippen LogP contribution in [0.25, 0.3) is 0 Å². The van der Waals surface area contributed by atoms with Gasteiger partial charge in [-0.15, -0.1) is 5.10 Å². The first-order chi connectivity index (χ1) is 15.2. The van der Waals surface area contributed by atoms with Crippen molar-refractivity contribution in [2.45, 2.75) is 82.1 Å². The fourth-order valence-corrected chi connectivity index (χ4v) is 5.01. The smallest absolute Gasteiger partial charge is 0.234 e. The lowest BCUT2D eigenvalue weighted by atomic mass is 9.87. The summed E-state index contributed by atoms with van der Waals surface area (Å²) in [6.07, 6.45) is 10.7. The van der Waals surface area contributed by atoms with Crippen LogP contribution >= 0.6 is 0 Å². The maximum atomic E-state index is 12.4. The first-order valence-electron chi connectivity index (χ1n) is 12.0. The molecule has 0 bridgehead atoms. The largest absolute Gasteiger partial charge is 0.394 e. The molecular formula is C22H37N5O4. The minimum atomic E-state index is -0.360. The highest BCUT2D eigenvalue weighted by Gasteiger charge is 2.32. The second-order valence-electron chi connectivity index (χ2n) is 9.15. The molecule has 3 atom stereocenters. The van der Waals surface area contributed by atoms with Gasteiger partial charge in [0, 0.05) is 31.7 Å². The van der Waals surface area contributed by atoms with E-state index in [0.717, 1.165) is 44.6 Å². The summed E-state index contributed by atoms with van der Waals surface area (Å²) < 4.78 is 13.4. The quantitative estimate of drug-likeness (QED) is 0.630. The van der Waals surface area contributed by atoms with Crippen LogP contribution in [-0.2, 0) is 20.8 Å². The zero-order valence-corrected chi connectivity index (χ0v) is 18.5. The number of ether oxygens (including phenoxy) is 2. The first-order valence-corrected chi connectivity index (χ1v) is 12.0. The van der Waals surface area contributed by atoms with E-state index in [4.69, 9.17) is 9.47 Å². The van der Waals surface area contributed by atoms with Crippen LogP contribution in [0.5, 0.6) is 0 Å². The van der Waals surface area contributed by atoms with E-state index in [2.05, 4.69) is 26.7 Å². The SMILES string of the molecule is O=C(CN1CCOCC1)N[C@H]1CC[C@H](CCn2cc(C3CCCCC3)nn2)O[C@H]1CO. The number of rotatable bonds is 8. The van der Waals surface area contributed by atoms with Gasteiger partial charge in [0.25, 0.3) is 0 Å². The van der Waals surface area contributed by atoms with Gasteiger partial charge in [0.1, 0.15) is 6.10 Å². The van der Waals surface area contributed by atoms with E-state index in [1.807, 2.05) is 4.68 Å². The highest BCUT2D eigenvalue weighted by atomic mass is 16.5. The predicted octanol–water partition coefficient (Wildman–Crippen LogP) is 1.07. The van der Waals surface area contributed by atoms with Crippen molar-refractivity contribution in [1.29, 1.82) is 0 Å². The number of aliphatic hydroxyl groups excluding tert-OH is 1. The van der Waals surface area contributed by atoms with Gasteiger partial charge in [-0.1, -0.05) is 24.5 Å². The number of amides is 1. The van der Waals surface area contributed by atoms with Crippen LogP contribution in [0.1, 0.15) is 63.0 Å². The van der Waals surface area contributed by atoms with Crippen molar-refractivity contribution in [3.05, 3.63) is 11.9 Å². The van der Waals surface area contributed by atoms with E-state index in [1.54, 1.807) is 0 Å². The van der Waals surface area contributed by atoms with Crippen molar-refractivity contribution in [2.24, 2.45) is 0 Å². The van der Waals surface area contributed by atoms with E-state index in [0.29, 0.717) is 25.7 Å². The van der Waals surface area contributed by atoms with Gasteiger partial charge in [0.15, 0.2) is 0 Å². The van der Waals surface area contributed by atoms with Gasteiger partial charge in [-0.05, 0) is 32.1 Å². The molecular weight excluding hydrogens is 398 g/mol. The van der Waals surface area contributed by atoms with Gasteiger partial charge < -0.3 is 19.9 Å². The zero-order chi connectivity index (χ0) is 21.5. The molecule has 1 saturated carbocycles. The maximum absolute atomic E-state index is 12.4. The van der Waals surface area contributed by atoms with Crippen LogP contribution in [0.2, 0.25) is 0 Å². The Hall–Kier alpha value is -1.55. The summed E-state index contributed by atoms with van der Waals surface area (Å²) in [6.45, 7) is 3.96. The van der Waals surface area contributed by atoms with Gasteiger partial charge in [0.2, 0.25) is 5.91 Å². The zero-order valence-electron chi connectivity index (χ0n) is 18.5. The molecule has 31 heavy (non-hydrogen) atoms. The number of carbonyl (C=O) groups is 1. The van der Waals surface area contributed by atoms with Crippen molar-refractivity contribution >= 4 is 5.91 Å². The average Bonchev–Trinajstić information content (AvgIpc) is 3.29. The Bertz CT molecular complexity index is 687. The molecule has 0 radical (unpaired) electrons. The number of aryl methyl sites for hydroxylation is 1. The Morgan fingerprint density at radius 3 is 2.74 bits per heavy atom. The molecule has 1 amide bonds. The van der Waals surface area contributed by atoms with Gasteiger partial charge in [0.05, 0.1) is 44.2 Å². The Morgan fingerprint density at radius 1 is 1.16 bits per heavy atom. The third-order valence-electron chi connectivity index (χ3n) is 6.87. The van der Waals surface area contributed by atoms with Crippen LogP contribution in [0.15, 0.2) is 6.20 Å². The average molecular weight is 436 g/mol. The summed E-state index contributed by atoms with van der Waals surface area (Å²) in [7, 11) is 0. The molecule has 9 heteroatoms. The number of hydrogen-bond donors (Lipinski definition) is 2. The second kappa shape index (κ2) is 11.4. The molecule has 3 heterocycles. The highest BCUT2D eigenvalue weighted by molar-refractivity contribution is 5.78. The van der Waals surface area contributed by atoms with Crippen molar-refractivity contribution < 1.29 is 19.4 Å². The van der Waals surface area contributed by atoms with Crippen molar-refractivity contribution in [3.8, 4) is 0 Å². The first kappa shape index (κ1) is 22.6. The molecule has 3 fully saturated rings. The predicted molar refractivity (Wildman–Crippen MR) is 115 cm³/mol. The summed E-state index contributed by atoms with van der Waals surface area (Å²) in [5.41, 5.74) is 1.13. The van der Waals surface area contributed by atoms with Crippen LogP contribution < -0.4 is 5.32 Å². The lowest BCUT2D eigenvalue weighted by molar-refractivity contribution is -0.130. The van der Waals surface area contributed by atoms with Crippen molar-refractivity contribution in [2.75, 3.05) is 39.5 Å². The molecule has 2 aliphatic heterocycles. The molecule has 0 aromatic carbocycles. The Kier molecular flexibility index (Phi) is 8.29. The van der Waals surface area contributed by atoms with Gasteiger partial charge in [-0.3, -0.25) is 14.4 Å². The summed E-state index contributed by atoms with van der Waals surface area (Å²) in [4.78, 5) is 14.5. The molecule has 9 nitrogen and oxygen atoms in total. The molecule has 1 aromatic heterocycles. The molecule has 1 aliphatic carbocycles. The lowest BCUT2D eigenvalue weighted by Crippen LogP contribution is -2.53. The van der Waals surface area contributed by atoms with Gasteiger partial charge in [-0.25, -0.2) is 0 Å². The van der Waals surface area contributed by atoms with E-state index in [-0.39, 0.29) is 30.8 Å². The fourth-order valence-electron chi connectivity index (χ4n) is 5.01. The van der Waals surface area contributed by atoms with Gasteiger partial charge >= 0.3 is 0 Å². The maximum Gasteiger partial charge on any atom is 0.234 e. The second-order valence-corrected chi connectivity index (χ2v) is 9.15. The molecule has 2 saturated heterocycles. The minimum absolute atomic E-state index is 0.00902. The molecule has 174 valence electrons. The fraction of sp³-hybridized carbons (Fsp3) is 0.864. The van der Waals surface area contributed by atoms with E-state index in [1.165, 1.54) is 32.1 Å².